The molecule has 5 rings (SSSR count). The van der Waals surface area contributed by atoms with Crippen LogP contribution in [0.5, 0.6) is 5.75 Å². The molecule has 2 heterocycles. The molecule has 0 aliphatic rings. The molecule has 0 unspecified atom stereocenters. The van der Waals surface area contributed by atoms with Gasteiger partial charge in [-0.05, 0) is 76.2 Å². The Morgan fingerprint density at radius 3 is 2.70 bits per heavy atom. The second kappa shape index (κ2) is 7.81. The van der Waals surface area contributed by atoms with Crippen molar-refractivity contribution in [1.82, 2.24) is 9.38 Å². The van der Waals surface area contributed by atoms with Crippen LogP contribution < -0.4 is 14.8 Å². The molecular weight excluding hydrogens is 514 g/mol. The van der Waals surface area contributed by atoms with Crippen LogP contribution in [-0.2, 0) is 6.61 Å². The van der Waals surface area contributed by atoms with Gasteiger partial charge in [0, 0.05) is 0 Å². The predicted molar refractivity (Wildman–Crippen MR) is 126 cm³/mol. The molecule has 148 valence electrons. The van der Waals surface area contributed by atoms with E-state index in [-0.39, 0.29) is 11.4 Å². The number of ether oxygens (including phenoxy) is 1. The highest BCUT2D eigenvalue weighted by atomic mass is 127. The van der Waals surface area contributed by atoms with E-state index in [4.69, 9.17) is 4.74 Å². The molecule has 0 aliphatic carbocycles. The maximum atomic E-state index is 13.0. The lowest BCUT2D eigenvalue weighted by Crippen LogP contribution is -2.22. The zero-order valence-electron chi connectivity index (χ0n) is 15.5. The summed E-state index contributed by atoms with van der Waals surface area (Å²) < 4.78 is 22.1. The molecule has 0 saturated heterocycles. The van der Waals surface area contributed by atoms with Gasteiger partial charge in [0.25, 0.3) is 5.56 Å². The fourth-order valence-corrected chi connectivity index (χ4v) is 4.91. The van der Waals surface area contributed by atoms with E-state index in [1.807, 2.05) is 48.5 Å². The molecule has 30 heavy (non-hydrogen) atoms. The van der Waals surface area contributed by atoms with Gasteiger partial charge in [0.05, 0.1) is 19.1 Å². The van der Waals surface area contributed by atoms with Crippen LogP contribution in [0.3, 0.4) is 0 Å². The molecule has 0 bridgehead atoms. The van der Waals surface area contributed by atoms with E-state index in [2.05, 4.69) is 27.6 Å². The SMILES string of the molecule is O=c1c(=Cc2ccc(OCc3ccc(F)cc3)c(I)c2)sc2nc3ccccc3n12. The van der Waals surface area contributed by atoms with Crippen molar-refractivity contribution in [3.63, 3.8) is 0 Å². The smallest absolute Gasteiger partial charge is 0.274 e. The quantitative estimate of drug-likeness (QED) is 0.316. The van der Waals surface area contributed by atoms with Gasteiger partial charge < -0.3 is 4.74 Å². The maximum Gasteiger partial charge on any atom is 0.274 e. The first kappa shape index (κ1) is 19.2. The van der Waals surface area contributed by atoms with E-state index >= 15 is 0 Å². The van der Waals surface area contributed by atoms with Crippen molar-refractivity contribution in [2.45, 2.75) is 6.61 Å². The van der Waals surface area contributed by atoms with E-state index in [1.54, 1.807) is 16.5 Å². The summed E-state index contributed by atoms with van der Waals surface area (Å²) in [5.41, 5.74) is 3.40. The molecule has 0 fully saturated rings. The Kier molecular flexibility index (Phi) is 5.00. The Bertz CT molecular complexity index is 1490. The van der Waals surface area contributed by atoms with Crippen LogP contribution in [0.2, 0.25) is 0 Å². The Balaban J connectivity index is 1.44. The van der Waals surface area contributed by atoms with Crippen LogP contribution in [-0.4, -0.2) is 9.38 Å². The molecule has 0 spiro atoms. The Morgan fingerprint density at radius 2 is 1.90 bits per heavy atom. The third-order valence-corrected chi connectivity index (χ3v) is 6.52. The zero-order chi connectivity index (χ0) is 20.7. The normalized spacial score (nSPS) is 12.1. The van der Waals surface area contributed by atoms with E-state index in [0.717, 1.165) is 31.5 Å². The standard InChI is InChI=1S/C23H14FIN2O2S/c24-16-8-5-14(6-9-16)13-29-20-10-7-15(11-17(20)25)12-21-22(28)27-19-4-2-1-3-18(19)26-23(27)30-21/h1-12H,13H2. The Labute approximate surface area is 188 Å². The summed E-state index contributed by atoms with van der Waals surface area (Å²) in [4.78, 5) is 18.1. The minimum atomic E-state index is -0.264. The first-order valence-corrected chi connectivity index (χ1v) is 11.1. The number of aromatic nitrogens is 2. The van der Waals surface area contributed by atoms with Gasteiger partial charge in [-0.1, -0.05) is 41.7 Å². The highest BCUT2D eigenvalue weighted by molar-refractivity contribution is 14.1. The molecule has 2 aromatic heterocycles. The van der Waals surface area contributed by atoms with Crippen molar-refractivity contribution in [1.29, 1.82) is 0 Å². The highest BCUT2D eigenvalue weighted by Crippen LogP contribution is 2.24. The number of nitrogens with zero attached hydrogens (tertiary/aromatic N) is 2. The van der Waals surface area contributed by atoms with Crippen LogP contribution >= 0.6 is 33.9 Å². The lowest BCUT2D eigenvalue weighted by atomic mass is 10.2. The molecule has 0 saturated carbocycles. The number of hydrogen-bond donors (Lipinski definition) is 0. The number of fused-ring (bicyclic) bond motifs is 3. The summed E-state index contributed by atoms with van der Waals surface area (Å²) in [6.07, 6.45) is 1.88. The average molecular weight is 528 g/mol. The van der Waals surface area contributed by atoms with Gasteiger partial charge >= 0.3 is 0 Å². The van der Waals surface area contributed by atoms with Crippen molar-refractivity contribution in [2.75, 3.05) is 0 Å². The summed E-state index contributed by atoms with van der Waals surface area (Å²) in [6.45, 7) is 0.360. The van der Waals surface area contributed by atoms with Gasteiger partial charge in [0.15, 0.2) is 4.96 Å². The minimum Gasteiger partial charge on any atom is -0.488 e. The van der Waals surface area contributed by atoms with Crippen LogP contribution in [0.1, 0.15) is 11.1 Å². The molecule has 7 heteroatoms. The van der Waals surface area contributed by atoms with Crippen molar-refractivity contribution >= 4 is 56.0 Å². The number of rotatable bonds is 4. The number of halogens is 2. The van der Waals surface area contributed by atoms with Crippen LogP contribution in [0.25, 0.3) is 22.1 Å². The fraction of sp³-hybridized carbons (Fsp3) is 0.0435. The number of para-hydroxylation sites is 2. The van der Waals surface area contributed by atoms with Crippen molar-refractivity contribution in [2.24, 2.45) is 0 Å². The fourth-order valence-electron chi connectivity index (χ4n) is 3.23. The molecule has 5 aromatic rings. The van der Waals surface area contributed by atoms with E-state index < -0.39 is 0 Å². The number of benzene rings is 3. The van der Waals surface area contributed by atoms with Crippen LogP contribution in [0, 0.1) is 9.39 Å². The summed E-state index contributed by atoms with van der Waals surface area (Å²) in [6, 6.07) is 19.7. The first-order chi connectivity index (χ1) is 14.6. The molecule has 0 atom stereocenters. The van der Waals surface area contributed by atoms with Gasteiger partial charge in [-0.3, -0.25) is 4.79 Å². The molecule has 4 nitrogen and oxygen atoms in total. The number of hydrogen-bond acceptors (Lipinski definition) is 4. The molecule has 0 amide bonds. The van der Waals surface area contributed by atoms with Gasteiger partial charge in [0.1, 0.15) is 18.2 Å². The first-order valence-electron chi connectivity index (χ1n) is 9.17. The van der Waals surface area contributed by atoms with Gasteiger partial charge in [-0.2, -0.15) is 0 Å². The van der Waals surface area contributed by atoms with E-state index in [1.165, 1.54) is 23.5 Å². The van der Waals surface area contributed by atoms with Gasteiger partial charge in [-0.15, -0.1) is 0 Å². The topological polar surface area (TPSA) is 43.6 Å². The Hall–Kier alpha value is -2.78. The molecule has 0 aliphatic heterocycles. The third-order valence-electron chi connectivity index (χ3n) is 4.71. The van der Waals surface area contributed by atoms with E-state index in [0.29, 0.717) is 16.1 Å². The maximum absolute atomic E-state index is 13.0. The number of imidazole rings is 1. The number of thiazole rings is 1. The third kappa shape index (κ3) is 3.59. The monoisotopic (exact) mass is 528 g/mol. The highest BCUT2D eigenvalue weighted by Gasteiger charge is 2.11. The van der Waals surface area contributed by atoms with Crippen molar-refractivity contribution < 1.29 is 9.13 Å². The van der Waals surface area contributed by atoms with Crippen molar-refractivity contribution in [3.8, 4) is 5.75 Å². The lowest BCUT2D eigenvalue weighted by Gasteiger charge is -2.09. The van der Waals surface area contributed by atoms with Crippen LogP contribution in [0.4, 0.5) is 4.39 Å². The summed E-state index contributed by atoms with van der Waals surface area (Å²) >= 11 is 3.60. The second-order valence-corrected chi connectivity index (χ2v) is 8.91. The van der Waals surface area contributed by atoms with Gasteiger partial charge in [-0.25, -0.2) is 13.8 Å². The lowest BCUT2D eigenvalue weighted by molar-refractivity contribution is 0.304. The molecule has 3 aromatic carbocycles. The second-order valence-electron chi connectivity index (χ2n) is 6.74. The predicted octanol–water partition coefficient (Wildman–Crippen LogP) is 4.78. The van der Waals surface area contributed by atoms with Gasteiger partial charge in [0.2, 0.25) is 0 Å². The summed E-state index contributed by atoms with van der Waals surface area (Å²) in [5, 5.41) is 0. The minimum absolute atomic E-state index is 0.0599. The average Bonchev–Trinajstić information content (AvgIpc) is 3.25. The molecule has 0 N–H and O–H groups in total. The zero-order valence-corrected chi connectivity index (χ0v) is 18.5. The summed E-state index contributed by atoms with van der Waals surface area (Å²) in [7, 11) is 0. The summed E-state index contributed by atoms with van der Waals surface area (Å²) in [5.74, 6) is 0.478. The molecule has 0 radical (unpaired) electrons. The van der Waals surface area contributed by atoms with Crippen LogP contribution in [0.15, 0.2) is 71.5 Å². The van der Waals surface area contributed by atoms with Crippen molar-refractivity contribution in [3.05, 3.63) is 102 Å². The Morgan fingerprint density at radius 1 is 1.10 bits per heavy atom. The largest absolute Gasteiger partial charge is 0.488 e. The molecular formula is C23H14FIN2O2S. The van der Waals surface area contributed by atoms with E-state index in [9.17, 15) is 9.18 Å².